The molecule has 4 rings (SSSR count). The summed E-state index contributed by atoms with van der Waals surface area (Å²) in [7, 11) is 3.20. The van der Waals surface area contributed by atoms with E-state index in [0.29, 0.717) is 31.6 Å². The Morgan fingerprint density at radius 3 is 2.33 bits per heavy atom. The van der Waals surface area contributed by atoms with Crippen LogP contribution >= 0.6 is 0 Å². The minimum atomic E-state index is -1.20. The van der Waals surface area contributed by atoms with Gasteiger partial charge in [0.25, 0.3) is 0 Å². The highest BCUT2D eigenvalue weighted by Gasteiger charge is 2.39. The van der Waals surface area contributed by atoms with Crippen molar-refractivity contribution in [1.29, 1.82) is 0 Å². The molecule has 0 aliphatic carbocycles. The number of rotatable bonds is 11. The van der Waals surface area contributed by atoms with Crippen molar-refractivity contribution in [1.82, 2.24) is 20.4 Å². The summed E-state index contributed by atoms with van der Waals surface area (Å²) in [6, 6.07) is 18.4. The highest BCUT2D eigenvalue weighted by Crippen LogP contribution is 2.22. The lowest BCUT2D eigenvalue weighted by Crippen LogP contribution is -2.65. The van der Waals surface area contributed by atoms with Gasteiger partial charge in [-0.3, -0.25) is 19.3 Å². The molecule has 3 aromatic rings. The Bertz CT molecular complexity index is 1420. The first-order chi connectivity index (χ1) is 20.5. The van der Waals surface area contributed by atoms with E-state index >= 15 is 0 Å². The zero-order chi connectivity index (χ0) is 31.1. The van der Waals surface area contributed by atoms with Crippen LogP contribution in [0.4, 0.5) is 4.39 Å². The summed E-state index contributed by atoms with van der Waals surface area (Å²) in [6.45, 7) is 4.59. The second kappa shape index (κ2) is 14.1. The molecule has 1 heterocycles. The molecule has 3 amide bonds. The first kappa shape index (κ1) is 32.1. The van der Waals surface area contributed by atoms with Gasteiger partial charge in [0.1, 0.15) is 11.9 Å². The third-order valence-electron chi connectivity index (χ3n) is 7.93. The average molecular weight is 592 g/mol. The average Bonchev–Trinajstić information content (AvgIpc) is 2.99. The maximum Gasteiger partial charge on any atom is 0.245 e. The molecule has 1 fully saturated rings. The number of methoxy groups -OCH3 is 1. The van der Waals surface area contributed by atoms with Crippen LogP contribution in [0.1, 0.15) is 25.0 Å². The summed E-state index contributed by atoms with van der Waals surface area (Å²) >= 11 is 0. The number of nitrogens with one attached hydrogen (secondary N) is 2. The van der Waals surface area contributed by atoms with Gasteiger partial charge in [-0.25, -0.2) is 4.39 Å². The van der Waals surface area contributed by atoms with Gasteiger partial charge >= 0.3 is 0 Å². The smallest absolute Gasteiger partial charge is 0.245 e. The van der Waals surface area contributed by atoms with Crippen LogP contribution in [0.3, 0.4) is 0 Å². The molecule has 0 spiro atoms. The lowest BCUT2D eigenvalue weighted by molar-refractivity contribution is -0.144. The molecule has 3 unspecified atom stereocenters. The standard InChI is InChI=1S/C33H42FN5O4/c1-33(2,35)32(42)37-28(18-22-10-13-26(34)14-11-22)31(41)39-16-15-38(20-27(39)21-43-4)29(30(40)36-3)19-23-9-12-24-7-5-6-8-25(24)17-23/h5-14,17,27-29H,15-16,18-21,35H2,1-4H3,(H,36,40)(H,37,42). The number of halogens is 1. The van der Waals surface area contributed by atoms with E-state index in [1.807, 2.05) is 18.2 Å². The fourth-order valence-electron chi connectivity index (χ4n) is 5.53. The second-order valence-corrected chi connectivity index (χ2v) is 11.7. The molecule has 9 nitrogen and oxygen atoms in total. The molecule has 230 valence electrons. The Kier molecular flexibility index (Phi) is 10.5. The van der Waals surface area contributed by atoms with Crippen molar-refractivity contribution >= 4 is 28.5 Å². The molecule has 4 N–H and O–H groups in total. The van der Waals surface area contributed by atoms with Crippen LogP contribution in [0.15, 0.2) is 66.7 Å². The van der Waals surface area contributed by atoms with E-state index in [1.54, 1.807) is 45.0 Å². The number of fused-ring (bicyclic) bond motifs is 1. The monoisotopic (exact) mass is 591 g/mol. The molecule has 1 aliphatic heterocycles. The maximum absolute atomic E-state index is 14.0. The summed E-state index contributed by atoms with van der Waals surface area (Å²) < 4.78 is 19.1. The predicted molar refractivity (Wildman–Crippen MR) is 165 cm³/mol. The van der Waals surface area contributed by atoms with E-state index in [0.717, 1.165) is 16.3 Å². The Morgan fingerprint density at radius 2 is 1.67 bits per heavy atom. The topological polar surface area (TPSA) is 117 Å². The first-order valence-corrected chi connectivity index (χ1v) is 14.6. The van der Waals surface area contributed by atoms with Crippen LogP contribution < -0.4 is 16.4 Å². The normalized spacial score (nSPS) is 17.3. The largest absolute Gasteiger partial charge is 0.382 e. The van der Waals surface area contributed by atoms with E-state index in [9.17, 15) is 18.8 Å². The van der Waals surface area contributed by atoms with Crippen molar-refractivity contribution < 1.29 is 23.5 Å². The van der Waals surface area contributed by atoms with Gasteiger partial charge in [0.15, 0.2) is 0 Å². The maximum atomic E-state index is 14.0. The molecular weight excluding hydrogens is 549 g/mol. The van der Waals surface area contributed by atoms with Crippen molar-refractivity contribution in [3.8, 4) is 0 Å². The van der Waals surface area contributed by atoms with Gasteiger partial charge < -0.3 is 26.0 Å². The van der Waals surface area contributed by atoms with E-state index in [1.165, 1.54) is 12.1 Å². The number of nitrogens with zero attached hydrogens (tertiary/aromatic N) is 2. The van der Waals surface area contributed by atoms with E-state index in [2.05, 4.69) is 39.8 Å². The zero-order valence-corrected chi connectivity index (χ0v) is 25.3. The molecule has 0 saturated carbocycles. The molecule has 3 aromatic carbocycles. The molecule has 0 radical (unpaired) electrons. The fourth-order valence-corrected chi connectivity index (χ4v) is 5.53. The van der Waals surface area contributed by atoms with Gasteiger partial charge in [0, 0.05) is 40.2 Å². The Labute approximate surface area is 252 Å². The van der Waals surface area contributed by atoms with Gasteiger partial charge in [-0.1, -0.05) is 54.6 Å². The molecule has 0 aromatic heterocycles. The SMILES string of the molecule is CNC(=O)C(Cc1ccc2ccccc2c1)N1CCN(C(=O)C(Cc2ccc(F)cc2)NC(=O)C(C)(C)N)C(COC)C1. The molecule has 1 saturated heterocycles. The third-order valence-corrected chi connectivity index (χ3v) is 7.93. The number of amides is 3. The summed E-state index contributed by atoms with van der Waals surface area (Å²) in [5, 5.41) is 7.87. The lowest BCUT2D eigenvalue weighted by Gasteiger charge is -2.45. The number of hydrogen-bond donors (Lipinski definition) is 3. The van der Waals surface area contributed by atoms with Crippen molar-refractivity contribution in [3.05, 3.63) is 83.7 Å². The summed E-state index contributed by atoms with van der Waals surface area (Å²) in [6.07, 6.45) is 0.677. The Hall–Kier alpha value is -3.86. The summed E-state index contributed by atoms with van der Waals surface area (Å²) in [5.74, 6) is -1.24. The second-order valence-electron chi connectivity index (χ2n) is 11.7. The Balaban J connectivity index is 1.55. The van der Waals surface area contributed by atoms with E-state index < -0.39 is 23.5 Å². The summed E-state index contributed by atoms with van der Waals surface area (Å²) in [5.41, 5.74) is 6.57. The van der Waals surface area contributed by atoms with E-state index in [-0.39, 0.29) is 36.7 Å². The number of carbonyl (C=O) groups excluding carboxylic acids is 3. The molecular formula is C33H42FN5O4. The van der Waals surface area contributed by atoms with Gasteiger partial charge in [0.05, 0.1) is 24.2 Å². The molecule has 43 heavy (non-hydrogen) atoms. The highest BCUT2D eigenvalue weighted by molar-refractivity contribution is 5.92. The number of carbonyl (C=O) groups is 3. The number of nitrogens with two attached hydrogens (primary N) is 1. The number of hydrogen-bond acceptors (Lipinski definition) is 6. The molecule has 1 aliphatic rings. The molecule has 0 bridgehead atoms. The quantitative estimate of drug-likeness (QED) is 0.315. The van der Waals surface area contributed by atoms with Gasteiger partial charge in [-0.05, 0) is 54.3 Å². The molecule has 10 heteroatoms. The molecule has 3 atom stereocenters. The number of benzene rings is 3. The number of ether oxygens (including phenoxy) is 1. The number of likely N-dealkylation sites (N-methyl/N-ethyl adjacent to an activating group) is 1. The summed E-state index contributed by atoms with van der Waals surface area (Å²) in [4.78, 5) is 43.9. The van der Waals surface area contributed by atoms with Crippen LogP contribution in [-0.4, -0.2) is 91.6 Å². The van der Waals surface area contributed by atoms with Crippen molar-refractivity contribution in [3.63, 3.8) is 0 Å². The van der Waals surface area contributed by atoms with Crippen molar-refractivity contribution in [2.24, 2.45) is 5.73 Å². The minimum Gasteiger partial charge on any atom is -0.382 e. The first-order valence-electron chi connectivity index (χ1n) is 14.6. The number of piperazine rings is 1. The minimum absolute atomic E-state index is 0.101. The lowest BCUT2D eigenvalue weighted by atomic mass is 9.98. The van der Waals surface area contributed by atoms with Crippen molar-refractivity contribution in [2.75, 3.05) is 40.4 Å². The Morgan fingerprint density at radius 1 is 1.00 bits per heavy atom. The zero-order valence-electron chi connectivity index (χ0n) is 25.3. The van der Waals surface area contributed by atoms with E-state index in [4.69, 9.17) is 10.5 Å². The van der Waals surface area contributed by atoms with Crippen molar-refractivity contribution in [2.45, 2.75) is 50.4 Å². The van der Waals surface area contributed by atoms with Crippen LogP contribution in [0.2, 0.25) is 0 Å². The van der Waals surface area contributed by atoms with Crippen LogP contribution in [0.5, 0.6) is 0 Å². The van der Waals surface area contributed by atoms with Gasteiger partial charge in [0.2, 0.25) is 17.7 Å². The predicted octanol–water partition coefficient (Wildman–Crippen LogP) is 2.26. The van der Waals surface area contributed by atoms with Crippen LogP contribution in [0.25, 0.3) is 10.8 Å². The van der Waals surface area contributed by atoms with Gasteiger partial charge in [-0.15, -0.1) is 0 Å². The van der Waals surface area contributed by atoms with Gasteiger partial charge in [-0.2, -0.15) is 0 Å². The van der Waals surface area contributed by atoms with Crippen LogP contribution in [-0.2, 0) is 32.0 Å². The van der Waals surface area contributed by atoms with Crippen LogP contribution in [0, 0.1) is 5.82 Å². The third kappa shape index (κ3) is 8.16. The highest BCUT2D eigenvalue weighted by atomic mass is 19.1. The fraction of sp³-hybridized carbons (Fsp3) is 0.424.